The molecule has 1 fully saturated rings. The number of nitrogens with one attached hydrogen (secondary N) is 2. The van der Waals surface area contributed by atoms with Gasteiger partial charge in [-0.05, 0) is 67.9 Å². The Morgan fingerprint density at radius 2 is 2.04 bits per heavy atom. The van der Waals surface area contributed by atoms with Crippen LogP contribution in [-0.2, 0) is 6.54 Å². The molecular weight excluding hydrogens is 342 g/mol. The van der Waals surface area contributed by atoms with E-state index >= 15 is 0 Å². The summed E-state index contributed by atoms with van der Waals surface area (Å²) in [5, 5.41) is 5.21. The van der Waals surface area contributed by atoms with Crippen molar-refractivity contribution in [3.05, 3.63) is 45.2 Å². The molecule has 1 heterocycles. The number of fused-ring (bicyclic) bond motifs is 1. The number of pyridine rings is 1. The molecule has 0 radical (unpaired) electrons. The van der Waals surface area contributed by atoms with E-state index in [9.17, 15) is 4.79 Å². The molecule has 1 aromatic carbocycles. The van der Waals surface area contributed by atoms with Gasteiger partial charge in [0.1, 0.15) is 0 Å². The molecule has 2 N–H and O–H groups in total. The van der Waals surface area contributed by atoms with Crippen LogP contribution < -0.4 is 10.9 Å². The fraction of sp³-hybridized carbons (Fsp3) is 0.524. The van der Waals surface area contributed by atoms with Crippen molar-refractivity contribution in [1.82, 2.24) is 15.2 Å². The maximum atomic E-state index is 12.7. The summed E-state index contributed by atoms with van der Waals surface area (Å²) in [6.45, 7) is 7.70. The van der Waals surface area contributed by atoms with Crippen LogP contribution in [0.5, 0.6) is 0 Å². The van der Waals surface area contributed by atoms with E-state index in [1.165, 1.54) is 18.4 Å². The van der Waals surface area contributed by atoms with Crippen molar-refractivity contribution in [2.75, 3.05) is 6.54 Å². The molecule has 0 saturated heterocycles. The number of thiocarbonyl (C=S) groups is 1. The van der Waals surface area contributed by atoms with Crippen LogP contribution in [0.3, 0.4) is 0 Å². The third kappa shape index (κ3) is 3.93. The minimum absolute atomic E-state index is 0.00696. The average Bonchev–Trinajstić information content (AvgIpc) is 3.16. The van der Waals surface area contributed by atoms with Gasteiger partial charge in [-0.3, -0.25) is 4.79 Å². The molecule has 1 saturated carbocycles. The van der Waals surface area contributed by atoms with E-state index in [1.807, 2.05) is 6.07 Å². The molecular formula is C21H29N3OS. The zero-order chi connectivity index (χ0) is 18.7. The highest BCUT2D eigenvalue weighted by Gasteiger charge is 2.25. The third-order valence-electron chi connectivity index (χ3n) is 5.52. The fourth-order valence-electron chi connectivity index (χ4n) is 3.79. The van der Waals surface area contributed by atoms with Crippen LogP contribution in [0.15, 0.2) is 23.0 Å². The molecule has 0 unspecified atom stereocenters. The highest BCUT2D eigenvalue weighted by Crippen LogP contribution is 2.25. The fourth-order valence-corrected chi connectivity index (χ4v) is 4.10. The van der Waals surface area contributed by atoms with E-state index in [0.29, 0.717) is 12.6 Å². The van der Waals surface area contributed by atoms with Crippen LogP contribution >= 0.6 is 12.2 Å². The summed E-state index contributed by atoms with van der Waals surface area (Å²) in [5.74, 6) is 0. The monoisotopic (exact) mass is 371 g/mol. The minimum Gasteiger partial charge on any atom is -0.363 e. The van der Waals surface area contributed by atoms with Crippen LogP contribution in [-0.4, -0.2) is 27.6 Å². The van der Waals surface area contributed by atoms with Crippen LogP contribution in [0.25, 0.3) is 10.9 Å². The van der Waals surface area contributed by atoms with Crippen LogP contribution in [0, 0.1) is 13.8 Å². The number of benzene rings is 1. The van der Waals surface area contributed by atoms with Gasteiger partial charge in [0, 0.05) is 18.2 Å². The number of aromatic amines is 1. The lowest BCUT2D eigenvalue weighted by Gasteiger charge is -2.31. The molecule has 26 heavy (non-hydrogen) atoms. The first-order valence-electron chi connectivity index (χ1n) is 9.68. The van der Waals surface area contributed by atoms with E-state index in [0.717, 1.165) is 52.9 Å². The second kappa shape index (κ2) is 8.21. The number of aryl methyl sites for hydroxylation is 2. The quantitative estimate of drug-likeness (QED) is 0.775. The molecule has 1 aromatic heterocycles. The van der Waals surface area contributed by atoms with E-state index in [4.69, 9.17) is 12.2 Å². The Labute approximate surface area is 161 Å². The molecule has 2 aromatic rings. The molecule has 1 aliphatic carbocycles. The van der Waals surface area contributed by atoms with E-state index in [2.05, 4.69) is 48.1 Å². The normalized spacial score (nSPS) is 14.7. The van der Waals surface area contributed by atoms with Gasteiger partial charge in [-0.2, -0.15) is 0 Å². The van der Waals surface area contributed by atoms with Crippen LogP contribution in [0.2, 0.25) is 0 Å². The standard InChI is InChI=1S/C21H29N3OS/c1-4-11-22-21(26)24(18-7-5-6-8-18)13-17-12-16-10-9-14(2)15(3)19(16)23-20(17)25/h9-10,12,18H,4-8,11,13H2,1-3H3,(H,22,26)(H,23,25). The zero-order valence-electron chi connectivity index (χ0n) is 16.0. The largest absolute Gasteiger partial charge is 0.363 e. The molecule has 0 atom stereocenters. The number of hydrogen-bond acceptors (Lipinski definition) is 2. The molecule has 4 nitrogen and oxygen atoms in total. The van der Waals surface area contributed by atoms with Crippen molar-refractivity contribution < 1.29 is 0 Å². The van der Waals surface area contributed by atoms with Gasteiger partial charge >= 0.3 is 0 Å². The Hall–Kier alpha value is -1.88. The Bertz CT molecular complexity index is 852. The van der Waals surface area contributed by atoms with E-state index < -0.39 is 0 Å². The lowest BCUT2D eigenvalue weighted by Crippen LogP contribution is -2.45. The summed E-state index contributed by atoms with van der Waals surface area (Å²) >= 11 is 5.66. The molecule has 3 rings (SSSR count). The van der Waals surface area contributed by atoms with Crippen molar-refractivity contribution in [1.29, 1.82) is 0 Å². The summed E-state index contributed by atoms with van der Waals surface area (Å²) in [5.41, 5.74) is 4.05. The lowest BCUT2D eigenvalue weighted by molar-refractivity contribution is 0.302. The van der Waals surface area contributed by atoms with Gasteiger partial charge in [0.25, 0.3) is 5.56 Å². The molecule has 0 spiro atoms. The summed E-state index contributed by atoms with van der Waals surface area (Å²) in [7, 11) is 0. The predicted octanol–water partition coefficient (Wildman–Crippen LogP) is 4.17. The molecule has 0 amide bonds. The Morgan fingerprint density at radius 1 is 1.31 bits per heavy atom. The van der Waals surface area contributed by atoms with Crippen LogP contribution in [0.1, 0.15) is 55.7 Å². The second-order valence-corrected chi connectivity index (χ2v) is 7.78. The van der Waals surface area contributed by atoms with Gasteiger partial charge in [0.2, 0.25) is 0 Å². The van der Waals surface area contributed by atoms with Gasteiger partial charge in [-0.25, -0.2) is 0 Å². The van der Waals surface area contributed by atoms with Crippen molar-refractivity contribution >= 4 is 28.2 Å². The number of hydrogen-bond donors (Lipinski definition) is 2. The maximum Gasteiger partial charge on any atom is 0.253 e. The highest BCUT2D eigenvalue weighted by atomic mass is 32.1. The first kappa shape index (κ1) is 18.9. The van der Waals surface area contributed by atoms with E-state index in [1.54, 1.807) is 0 Å². The second-order valence-electron chi connectivity index (χ2n) is 7.39. The van der Waals surface area contributed by atoms with Gasteiger partial charge in [0.05, 0.1) is 12.1 Å². The van der Waals surface area contributed by atoms with Crippen molar-refractivity contribution in [2.24, 2.45) is 0 Å². The molecule has 0 aliphatic heterocycles. The van der Waals surface area contributed by atoms with Crippen LogP contribution in [0.4, 0.5) is 0 Å². The molecule has 1 aliphatic rings. The van der Waals surface area contributed by atoms with Gasteiger partial charge in [-0.1, -0.05) is 31.9 Å². The number of rotatable bonds is 5. The predicted molar refractivity (Wildman–Crippen MR) is 113 cm³/mol. The maximum absolute atomic E-state index is 12.7. The summed E-state index contributed by atoms with van der Waals surface area (Å²) in [6.07, 6.45) is 5.82. The first-order valence-corrected chi connectivity index (χ1v) is 10.1. The molecule has 140 valence electrons. The molecule has 0 bridgehead atoms. The SMILES string of the molecule is CCCNC(=S)N(Cc1cc2ccc(C)c(C)c2[nH]c1=O)C1CCCC1. The van der Waals surface area contributed by atoms with Crippen molar-refractivity contribution in [3.63, 3.8) is 0 Å². The number of nitrogens with zero attached hydrogens (tertiary/aromatic N) is 1. The van der Waals surface area contributed by atoms with Crippen molar-refractivity contribution in [3.8, 4) is 0 Å². The summed E-state index contributed by atoms with van der Waals surface area (Å²) in [6, 6.07) is 6.67. The van der Waals surface area contributed by atoms with E-state index in [-0.39, 0.29) is 5.56 Å². The minimum atomic E-state index is -0.00696. The summed E-state index contributed by atoms with van der Waals surface area (Å²) in [4.78, 5) is 18.1. The first-order chi connectivity index (χ1) is 12.5. The smallest absolute Gasteiger partial charge is 0.253 e. The third-order valence-corrected chi connectivity index (χ3v) is 5.90. The van der Waals surface area contributed by atoms with Gasteiger partial charge in [-0.15, -0.1) is 0 Å². The molecule has 5 heteroatoms. The topological polar surface area (TPSA) is 48.1 Å². The Balaban J connectivity index is 1.92. The Kier molecular flexibility index (Phi) is 5.97. The number of aromatic nitrogens is 1. The zero-order valence-corrected chi connectivity index (χ0v) is 16.8. The van der Waals surface area contributed by atoms with Gasteiger partial charge < -0.3 is 15.2 Å². The lowest BCUT2D eigenvalue weighted by atomic mass is 10.0. The number of H-pyrrole nitrogens is 1. The average molecular weight is 372 g/mol. The van der Waals surface area contributed by atoms with Gasteiger partial charge in [0.15, 0.2) is 5.11 Å². The van der Waals surface area contributed by atoms with Crippen molar-refractivity contribution in [2.45, 2.75) is 65.5 Å². The highest BCUT2D eigenvalue weighted by molar-refractivity contribution is 7.80. The Morgan fingerprint density at radius 3 is 2.73 bits per heavy atom. The summed E-state index contributed by atoms with van der Waals surface area (Å²) < 4.78 is 0.